The highest BCUT2D eigenvalue weighted by atomic mass is 16.5. The summed E-state index contributed by atoms with van der Waals surface area (Å²) in [6.45, 7) is 1.02. The summed E-state index contributed by atoms with van der Waals surface area (Å²) in [6.07, 6.45) is 2.17. The van der Waals surface area contributed by atoms with E-state index < -0.39 is 6.10 Å². The van der Waals surface area contributed by atoms with Crippen molar-refractivity contribution in [3.63, 3.8) is 0 Å². The number of aliphatic hydroxyl groups excluding tert-OH is 1. The Kier molecular flexibility index (Phi) is 8.10. The van der Waals surface area contributed by atoms with Crippen molar-refractivity contribution in [3.05, 3.63) is 54.6 Å². The number of hydrogen-bond acceptors (Lipinski definition) is 5. The first-order chi connectivity index (χ1) is 16.1. The van der Waals surface area contributed by atoms with Gasteiger partial charge in [0.2, 0.25) is 11.8 Å². The van der Waals surface area contributed by atoms with Crippen LogP contribution in [0.15, 0.2) is 54.6 Å². The molecule has 0 saturated carbocycles. The number of amides is 2. The average molecular weight is 453 g/mol. The van der Waals surface area contributed by atoms with Crippen molar-refractivity contribution in [2.75, 3.05) is 25.1 Å². The van der Waals surface area contributed by atoms with E-state index in [2.05, 4.69) is 10.6 Å². The van der Waals surface area contributed by atoms with Gasteiger partial charge in [-0.05, 0) is 48.9 Å². The number of anilines is 1. The van der Waals surface area contributed by atoms with Crippen molar-refractivity contribution in [1.82, 2.24) is 5.32 Å². The largest absolute Gasteiger partial charge is 0.394 e. The Morgan fingerprint density at radius 1 is 0.909 bits per heavy atom. The molecule has 0 aliphatic carbocycles. The Bertz CT molecular complexity index is 912. The Morgan fingerprint density at radius 3 is 2.30 bits per heavy atom. The normalized spacial score (nSPS) is 23.6. The van der Waals surface area contributed by atoms with E-state index in [-0.39, 0.29) is 42.9 Å². The zero-order valence-corrected chi connectivity index (χ0v) is 18.7. The van der Waals surface area contributed by atoms with Crippen molar-refractivity contribution in [3.8, 4) is 11.1 Å². The lowest BCUT2D eigenvalue weighted by Gasteiger charge is -2.37. The maximum Gasteiger partial charge on any atom is 0.226 e. The number of carbonyl (C=O) groups is 2. The van der Waals surface area contributed by atoms with E-state index in [0.717, 1.165) is 29.7 Å². The number of carbonyl (C=O) groups excluding carboxylic acids is 2. The van der Waals surface area contributed by atoms with Crippen LogP contribution in [0.25, 0.3) is 11.1 Å². The highest BCUT2D eigenvalue weighted by Gasteiger charge is 2.34. The van der Waals surface area contributed by atoms with Gasteiger partial charge < -0.3 is 25.2 Å². The Balaban J connectivity index is 1.25. The molecule has 7 nitrogen and oxygen atoms in total. The minimum atomic E-state index is -0.509. The minimum Gasteiger partial charge on any atom is -0.394 e. The van der Waals surface area contributed by atoms with Gasteiger partial charge in [-0.3, -0.25) is 9.59 Å². The maximum absolute atomic E-state index is 12.6. The number of nitrogens with one attached hydrogen (secondary N) is 2. The summed E-state index contributed by atoms with van der Waals surface area (Å²) < 4.78 is 11.3. The van der Waals surface area contributed by atoms with E-state index in [1.807, 2.05) is 54.6 Å². The lowest BCUT2D eigenvalue weighted by Crippen LogP contribution is -2.52. The maximum atomic E-state index is 12.6. The molecule has 2 amide bonds. The lowest BCUT2D eigenvalue weighted by atomic mass is 9.94. The molecule has 3 N–H and O–H groups in total. The lowest BCUT2D eigenvalue weighted by molar-refractivity contribution is -0.137. The topological polar surface area (TPSA) is 96.9 Å². The van der Waals surface area contributed by atoms with Crippen molar-refractivity contribution in [1.29, 1.82) is 0 Å². The van der Waals surface area contributed by atoms with Crippen molar-refractivity contribution in [2.45, 2.75) is 50.4 Å². The molecule has 7 heteroatoms. The standard InChI is InChI=1S/C26H32N2O5/c29-17-24-23(28-26(31)20-12-14-32-15-13-20)11-10-22(33-24)16-25(30)27-21-8-6-19(7-9-21)18-4-2-1-3-5-18/h1-9,20,22-24,29H,10-17H2,(H,27,30)(H,28,31)/t22-,23+,24+/m1/s1. The van der Waals surface area contributed by atoms with Gasteiger partial charge in [0.05, 0.1) is 25.2 Å². The van der Waals surface area contributed by atoms with Crippen LogP contribution in [0.3, 0.4) is 0 Å². The van der Waals surface area contributed by atoms with Crippen LogP contribution in [0.2, 0.25) is 0 Å². The third-order valence-corrected chi connectivity index (χ3v) is 6.40. The Labute approximate surface area is 194 Å². The van der Waals surface area contributed by atoms with Crippen LogP contribution in [0.1, 0.15) is 32.1 Å². The van der Waals surface area contributed by atoms with Crippen LogP contribution < -0.4 is 10.6 Å². The molecule has 2 aromatic rings. The van der Waals surface area contributed by atoms with Crippen LogP contribution in [0.4, 0.5) is 5.69 Å². The van der Waals surface area contributed by atoms with Crippen molar-refractivity contribution >= 4 is 17.5 Å². The number of aliphatic hydroxyl groups is 1. The molecule has 176 valence electrons. The molecule has 0 bridgehead atoms. The monoisotopic (exact) mass is 452 g/mol. The number of rotatable bonds is 7. The van der Waals surface area contributed by atoms with E-state index >= 15 is 0 Å². The van der Waals surface area contributed by atoms with E-state index in [9.17, 15) is 14.7 Å². The summed E-state index contributed by atoms with van der Waals surface area (Å²) in [5, 5.41) is 15.8. The van der Waals surface area contributed by atoms with Gasteiger partial charge >= 0.3 is 0 Å². The molecule has 2 aliphatic heterocycles. The van der Waals surface area contributed by atoms with Crippen LogP contribution >= 0.6 is 0 Å². The predicted octanol–water partition coefficient (Wildman–Crippen LogP) is 3.13. The third-order valence-electron chi connectivity index (χ3n) is 6.40. The van der Waals surface area contributed by atoms with Gasteiger partial charge in [0.25, 0.3) is 0 Å². The number of hydrogen-bond donors (Lipinski definition) is 3. The van der Waals surface area contributed by atoms with Gasteiger partial charge in [0, 0.05) is 24.8 Å². The molecule has 2 heterocycles. The molecule has 2 fully saturated rings. The van der Waals surface area contributed by atoms with E-state index in [0.29, 0.717) is 26.1 Å². The van der Waals surface area contributed by atoms with E-state index in [1.54, 1.807) is 0 Å². The second kappa shape index (κ2) is 11.4. The molecule has 0 aromatic heterocycles. The second-order valence-corrected chi connectivity index (χ2v) is 8.75. The van der Waals surface area contributed by atoms with E-state index in [1.165, 1.54) is 0 Å². The minimum absolute atomic E-state index is 0.000456. The van der Waals surface area contributed by atoms with Gasteiger partial charge in [-0.15, -0.1) is 0 Å². The summed E-state index contributed by atoms with van der Waals surface area (Å²) >= 11 is 0. The number of benzene rings is 2. The average Bonchev–Trinajstić information content (AvgIpc) is 2.86. The zero-order chi connectivity index (χ0) is 23.0. The molecule has 3 atom stereocenters. The van der Waals surface area contributed by atoms with Gasteiger partial charge in [0.15, 0.2) is 0 Å². The summed E-state index contributed by atoms with van der Waals surface area (Å²) in [4.78, 5) is 25.1. The Morgan fingerprint density at radius 2 is 1.61 bits per heavy atom. The summed E-state index contributed by atoms with van der Waals surface area (Å²) in [5.41, 5.74) is 2.94. The smallest absolute Gasteiger partial charge is 0.226 e. The fourth-order valence-electron chi connectivity index (χ4n) is 4.50. The summed E-state index contributed by atoms with van der Waals surface area (Å²) in [7, 11) is 0. The quantitative estimate of drug-likeness (QED) is 0.600. The first-order valence-corrected chi connectivity index (χ1v) is 11.7. The second-order valence-electron chi connectivity index (χ2n) is 8.75. The molecular formula is C26H32N2O5. The first kappa shape index (κ1) is 23.4. The molecular weight excluding hydrogens is 420 g/mol. The third kappa shape index (κ3) is 6.41. The first-order valence-electron chi connectivity index (χ1n) is 11.7. The SMILES string of the molecule is O=C(C[C@H]1CC[C@H](NC(=O)C2CCOCC2)[C@H](CO)O1)Nc1ccc(-c2ccccc2)cc1. The number of ether oxygens (including phenoxy) is 2. The summed E-state index contributed by atoms with van der Waals surface area (Å²) in [6, 6.07) is 17.6. The van der Waals surface area contributed by atoms with Crippen LogP contribution in [-0.2, 0) is 19.1 Å². The van der Waals surface area contributed by atoms with Gasteiger partial charge in [-0.2, -0.15) is 0 Å². The molecule has 2 aromatic carbocycles. The highest BCUT2D eigenvalue weighted by molar-refractivity contribution is 5.91. The van der Waals surface area contributed by atoms with Crippen LogP contribution in [-0.4, -0.2) is 55.0 Å². The highest BCUT2D eigenvalue weighted by Crippen LogP contribution is 2.25. The molecule has 0 spiro atoms. The fraction of sp³-hybridized carbons (Fsp3) is 0.462. The fourth-order valence-corrected chi connectivity index (χ4v) is 4.50. The molecule has 4 rings (SSSR count). The van der Waals surface area contributed by atoms with Gasteiger partial charge in [0.1, 0.15) is 6.10 Å². The summed E-state index contributed by atoms with van der Waals surface area (Å²) in [5.74, 6) is -0.177. The zero-order valence-electron chi connectivity index (χ0n) is 18.7. The molecule has 2 saturated heterocycles. The molecule has 2 aliphatic rings. The van der Waals surface area contributed by atoms with E-state index in [4.69, 9.17) is 9.47 Å². The van der Waals surface area contributed by atoms with Crippen LogP contribution in [0, 0.1) is 5.92 Å². The van der Waals surface area contributed by atoms with Crippen molar-refractivity contribution in [2.24, 2.45) is 5.92 Å². The molecule has 0 radical (unpaired) electrons. The van der Waals surface area contributed by atoms with Gasteiger partial charge in [-0.25, -0.2) is 0 Å². The van der Waals surface area contributed by atoms with Crippen LogP contribution in [0.5, 0.6) is 0 Å². The van der Waals surface area contributed by atoms with Crippen molar-refractivity contribution < 1.29 is 24.2 Å². The predicted molar refractivity (Wildman–Crippen MR) is 126 cm³/mol. The Hall–Kier alpha value is -2.74. The molecule has 33 heavy (non-hydrogen) atoms. The van der Waals surface area contributed by atoms with Gasteiger partial charge in [-0.1, -0.05) is 42.5 Å². The molecule has 0 unspecified atom stereocenters.